The summed E-state index contributed by atoms with van der Waals surface area (Å²) in [5.74, 6) is 2.73. The highest BCUT2D eigenvalue weighted by Gasteiger charge is 2.52. The topological polar surface area (TPSA) is 17.1 Å². The average molecular weight is 282 g/mol. The molecule has 0 heterocycles. The third kappa shape index (κ3) is 1.86. The van der Waals surface area contributed by atoms with Crippen molar-refractivity contribution in [2.75, 3.05) is 0 Å². The monoisotopic (exact) mass is 282 g/mol. The molecule has 0 radical (unpaired) electrons. The van der Waals surface area contributed by atoms with Crippen LogP contribution < -0.4 is 0 Å². The van der Waals surface area contributed by atoms with Gasteiger partial charge in [-0.05, 0) is 85.3 Å². The number of rotatable bonds is 1. The number of ketones is 1. The molecule has 4 aliphatic rings. The molecule has 0 N–H and O–H groups in total. The van der Waals surface area contributed by atoms with Crippen LogP contribution in [0, 0.1) is 23.2 Å². The van der Waals surface area contributed by atoms with Gasteiger partial charge >= 0.3 is 0 Å². The fourth-order valence-electron chi connectivity index (χ4n) is 5.96. The highest BCUT2D eigenvalue weighted by Crippen LogP contribution is 2.62. The first kappa shape index (κ1) is 13.5. The normalized spacial score (nSPS) is 42.0. The van der Waals surface area contributed by atoms with Crippen LogP contribution >= 0.6 is 0 Å². The van der Waals surface area contributed by atoms with Crippen LogP contribution in [-0.4, -0.2) is 5.78 Å². The predicted octanol–water partition coefficient (Wildman–Crippen LogP) is 4.99. The molecule has 4 aliphatic carbocycles. The van der Waals surface area contributed by atoms with Crippen molar-refractivity contribution in [2.24, 2.45) is 23.2 Å². The number of hydrogen-bond donors (Lipinski definition) is 0. The third-order valence-corrected chi connectivity index (χ3v) is 7.09. The number of allylic oxidation sites excluding steroid dienone is 5. The maximum Gasteiger partial charge on any atom is 0.156 e. The van der Waals surface area contributed by atoms with E-state index in [1.54, 1.807) is 11.1 Å². The molecule has 0 aromatic rings. The Labute approximate surface area is 128 Å². The van der Waals surface area contributed by atoms with Crippen LogP contribution in [0.1, 0.15) is 58.3 Å². The lowest BCUT2D eigenvalue weighted by molar-refractivity contribution is -0.114. The van der Waals surface area contributed by atoms with Crippen molar-refractivity contribution in [3.05, 3.63) is 35.5 Å². The Morgan fingerprint density at radius 2 is 2.05 bits per heavy atom. The van der Waals surface area contributed by atoms with Crippen LogP contribution in [0.2, 0.25) is 0 Å². The number of carbonyl (C=O) groups is 1. The first-order chi connectivity index (χ1) is 10.1. The van der Waals surface area contributed by atoms with E-state index in [1.807, 2.05) is 6.08 Å². The van der Waals surface area contributed by atoms with Crippen LogP contribution in [0.4, 0.5) is 0 Å². The molecule has 0 saturated heterocycles. The Kier molecular flexibility index (Phi) is 3.03. The van der Waals surface area contributed by atoms with Crippen molar-refractivity contribution in [2.45, 2.75) is 58.3 Å². The average Bonchev–Trinajstić information content (AvgIpc) is 2.83. The van der Waals surface area contributed by atoms with E-state index in [0.717, 1.165) is 37.0 Å². The summed E-state index contributed by atoms with van der Waals surface area (Å²) < 4.78 is 0. The van der Waals surface area contributed by atoms with Crippen LogP contribution in [-0.2, 0) is 4.79 Å². The summed E-state index contributed by atoms with van der Waals surface area (Å²) in [6.45, 7) is 6.62. The van der Waals surface area contributed by atoms with Gasteiger partial charge in [0.1, 0.15) is 0 Å². The maximum absolute atomic E-state index is 11.7. The molecule has 0 aliphatic heterocycles. The second-order valence-corrected chi connectivity index (χ2v) is 7.82. The van der Waals surface area contributed by atoms with Gasteiger partial charge in [0.25, 0.3) is 0 Å². The van der Waals surface area contributed by atoms with Gasteiger partial charge in [-0.2, -0.15) is 0 Å². The summed E-state index contributed by atoms with van der Waals surface area (Å²) in [5.41, 5.74) is 5.21. The third-order valence-electron chi connectivity index (χ3n) is 7.09. The highest BCUT2D eigenvalue weighted by atomic mass is 16.1. The molecule has 0 aromatic heterocycles. The van der Waals surface area contributed by atoms with E-state index in [0.29, 0.717) is 11.2 Å². The zero-order valence-corrected chi connectivity index (χ0v) is 13.2. The minimum atomic E-state index is 0.348. The van der Waals surface area contributed by atoms with Crippen molar-refractivity contribution >= 4 is 5.78 Å². The molecule has 2 saturated carbocycles. The molecular weight excluding hydrogens is 256 g/mol. The molecule has 4 rings (SSSR count). The summed E-state index contributed by atoms with van der Waals surface area (Å²) >= 11 is 0. The fraction of sp³-hybridized carbons (Fsp3) is 0.650. The first-order valence-corrected chi connectivity index (χ1v) is 8.71. The summed E-state index contributed by atoms with van der Waals surface area (Å²) in [6, 6.07) is 0. The number of carbonyl (C=O) groups excluding carboxylic acids is 1. The number of hydrogen-bond acceptors (Lipinski definition) is 1. The SMILES string of the molecule is C=C[C@H]1CCC2C3CCC4=CC(=O)CCC4=C3CCC21C. The Balaban J connectivity index is 1.73. The largest absolute Gasteiger partial charge is 0.295 e. The summed E-state index contributed by atoms with van der Waals surface area (Å²) in [6.07, 6.45) is 13.7. The Morgan fingerprint density at radius 3 is 2.86 bits per heavy atom. The molecule has 1 heteroatoms. The Morgan fingerprint density at radius 1 is 1.19 bits per heavy atom. The van der Waals surface area contributed by atoms with Gasteiger partial charge in [0.2, 0.25) is 0 Å². The van der Waals surface area contributed by atoms with E-state index in [2.05, 4.69) is 19.6 Å². The van der Waals surface area contributed by atoms with Crippen LogP contribution in [0.3, 0.4) is 0 Å². The second-order valence-electron chi connectivity index (χ2n) is 7.82. The van der Waals surface area contributed by atoms with Crippen molar-refractivity contribution < 1.29 is 4.79 Å². The molecule has 1 nitrogen and oxygen atoms in total. The van der Waals surface area contributed by atoms with E-state index in [1.165, 1.54) is 37.7 Å². The summed E-state index contributed by atoms with van der Waals surface area (Å²) in [5, 5.41) is 0. The van der Waals surface area contributed by atoms with E-state index in [9.17, 15) is 4.79 Å². The fourth-order valence-corrected chi connectivity index (χ4v) is 5.96. The molecule has 21 heavy (non-hydrogen) atoms. The summed E-state index contributed by atoms with van der Waals surface area (Å²) in [4.78, 5) is 11.7. The minimum Gasteiger partial charge on any atom is -0.295 e. The smallest absolute Gasteiger partial charge is 0.156 e. The number of fused-ring (bicyclic) bond motifs is 4. The zero-order valence-electron chi connectivity index (χ0n) is 13.2. The lowest BCUT2D eigenvalue weighted by Gasteiger charge is -2.49. The Bertz CT molecular complexity index is 564. The molecule has 2 fully saturated rings. The van der Waals surface area contributed by atoms with E-state index in [4.69, 9.17) is 0 Å². The van der Waals surface area contributed by atoms with Crippen molar-refractivity contribution in [3.8, 4) is 0 Å². The zero-order chi connectivity index (χ0) is 14.6. The molecular formula is C20H26O. The van der Waals surface area contributed by atoms with Gasteiger partial charge in [-0.1, -0.05) is 18.6 Å². The highest BCUT2D eigenvalue weighted by molar-refractivity contribution is 5.93. The predicted molar refractivity (Wildman–Crippen MR) is 85.8 cm³/mol. The van der Waals surface area contributed by atoms with Gasteiger partial charge in [-0.15, -0.1) is 6.58 Å². The van der Waals surface area contributed by atoms with Gasteiger partial charge < -0.3 is 0 Å². The molecule has 0 spiro atoms. The van der Waals surface area contributed by atoms with E-state index < -0.39 is 0 Å². The standard InChI is InChI=1S/C20H26O/c1-3-14-5-9-19-18-7-4-13-12-15(21)6-8-16(13)17(18)10-11-20(14,19)2/h3,12,14,18-19H,1,4-11H2,2H3/t14-,18?,19?,20?/m0/s1. The van der Waals surface area contributed by atoms with Gasteiger partial charge in [0.15, 0.2) is 5.78 Å². The van der Waals surface area contributed by atoms with Gasteiger partial charge in [0, 0.05) is 6.42 Å². The van der Waals surface area contributed by atoms with Crippen LogP contribution in [0.5, 0.6) is 0 Å². The van der Waals surface area contributed by atoms with Crippen molar-refractivity contribution in [1.29, 1.82) is 0 Å². The molecule has 4 atom stereocenters. The van der Waals surface area contributed by atoms with Crippen molar-refractivity contribution in [1.82, 2.24) is 0 Å². The van der Waals surface area contributed by atoms with Crippen molar-refractivity contribution in [3.63, 3.8) is 0 Å². The quantitative estimate of drug-likeness (QED) is 0.619. The molecule has 112 valence electrons. The maximum atomic E-state index is 11.7. The van der Waals surface area contributed by atoms with E-state index in [-0.39, 0.29) is 0 Å². The van der Waals surface area contributed by atoms with Gasteiger partial charge in [-0.25, -0.2) is 0 Å². The van der Waals surface area contributed by atoms with Crippen LogP contribution in [0.25, 0.3) is 0 Å². The molecule has 0 bridgehead atoms. The molecule has 0 aromatic carbocycles. The lowest BCUT2D eigenvalue weighted by atomic mass is 9.56. The first-order valence-electron chi connectivity index (χ1n) is 8.71. The minimum absolute atomic E-state index is 0.348. The van der Waals surface area contributed by atoms with Gasteiger partial charge in [-0.3, -0.25) is 4.79 Å². The Hall–Kier alpha value is -1.11. The van der Waals surface area contributed by atoms with Gasteiger partial charge in [0.05, 0.1) is 0 Å². The summed E-state index contributed by atoms with van der Waals surface area (Å²) in [7, 11) is 0. The molecule has 0 amide bonds. The molecule has 3 unspecified atom stereocenters. The van der Waals surface area contributed by atoms with E-state index >= 15 is 0 Å². The van der Waals surface area contributed by atoms with Crippen LogP contribution in [0.15, 0.2) is 35.5 Å². The second kappa shape index (κ2) is 4.69. The lowest BCUT2D eigenvalue weighted by Crippen LogP contribution is -2.39.